The van der Waals surface area contributed by atoms with Crippen LogP contribution in [0, 0.1) is 0 Å². The summed E-state index contributed by atoms with van der Waals surface area (Å²) in [6.07, 6.45) is 2.70. The third kappa shape index (κ3) is 8.91. The van der Waals surface area contributed by atoms with Gasteiger partial charge >= 0.3 is 71.0 Å². The Morgan fingerprint density at radius 3 is 2.78 bits per heavy atom. The van der Waals surface area contributed by atoms with Gasteiger partial charge in [-0.25, -0.2) is 0 Å². The summed E-state index contributed by atoms with van der Waals surface area (Å²) in [5.41, 5.74) is 0. The molecule has 1 nitrogen and oxygen atoms in total. The molecule has 0 saturated carbocycles. The van der Waals surface area contributed by atoms with E-state index in [2.05, 4.69) is 17.7 Å². The Morgan fingerprint density at radius 2 is 2.22 bits per heavy atom. The second-order valence-corrected chi connectivity index (χ2v) is 3.07. The van der Waals surface area contributed by atoms with Gasteiger partial charge in [-0.1, -0.05) is 0 Å². The molecule has 0 N–H and O–H groups in total. The van der Waals surface area contributed by atoms with Gasteiger partial charge in [-0.15, -0.1) is 0 Å². The molecular formula is C6H13LiOS. The summed E-state index contributed by atoms with van der Waals surface area (Å²) in [6.45, 7) is 0. The van der Waals surface area contributed by atoms with Crippen molar-refractivity contribution in [3.63, 3.8) is 0 Å². The average molecular weight is 140 g/mol. The standard InChI is InChI=1S/C6H13OS.Li/c1-3-4-5-8-6-7-2;/h1,3-6H2,2H3;. The molecule has 0 atom stereocenters. The molecule has 50 valence electrons. The summed E-state index contributed by atoms with van der Waals surface area (Å²) in [5, 5.41) is 1.31. The summed E-state index contributed by atoms with van der Waals surface area (Å²) in [4.78, 5) is 0. The topological polar surface area (TPSA) is 9.23 Å². The number of methoxy groups -OCH3 is 1. The van der Waals surface area contributed by atoms with Gasteiger partial charge in [-0.05, 0) is 0 Å². The molecule has 0 aromatic rings. The van der Waals surface area contributed by atoms with Crippen LogP contribution in [0.2, 0.25) is 5.09 Å². The molecule has 3 heteroatoms. The first-order valence-electron chi connectivity index (χ1n) is 3.48. The van der Waals surface area contributed by atoms with E-state index < -0.39 is 0 Å². The van der Waals surface area contributed by atoms with E-state index >= 15 is 0 Å². The van der Waals surface area contributed by atoms with Crippen LogP contribution < -0.4 is 0 Å². The molecule has 0 aliphatic rings. The van der Waals surface area contributed by atoms with E-state index in [1.54, 1.807) is 7.11 Å². The van der Waals surface area contributed by atoms with Crippen molar-refractivity contribution in [2.75, 3.05) is 18.8 Å². The average Bonchev–Trinajstić information content (AvgIpc) is 1.89. The van der Waals surface area contributed by atoms with E-state index in [9.17, 15) is 0 Å². The van der Waals surface area contributed by atoms with Crippen molar-refractivity contribution in [1.82, 2.24) is 0 Å². The van der Waals surface area contributed by atoms with Gasteiger partial charge in [0.15, 0.2) is 0 Å². The molecule has 0 aromatic carbocycles. The van der Waals surface area contributed by atoms with Crippen molar-refractivity contribution in [1.29, 1.82) is 0 Å². The van der Waals surface area contributed by atoms with Crippen LogP contribution in [0.25, 0.3) is 0 Å². The van der Waals surface area contributed by atoms with Gasteiger partial charge in [0.2, 0.25) is 0 Å². The third-order valence-electron chi connectivity index (χ3n) is 1.09. The van der Waals surface area contributed by atoms with Gasteiger partial charge in [0.25, 0.3) is 0 Å². The fourth-order valence-corrected chi connectivity index (χ4v) is 1.29. The molecule has 0 amide bonds. The van der Waals surface area contributed by atoms with Crippen LogP contribution in [0.4, 0.5) is 0 Å². The van der Waals surface area contributed by atoms with Crippen molar-refractivity contribution < 1.29 is 4.74 Å². The summed E-state index contributed by atoms with van der Waals surface area (Å²) < 4.78 is 4.88. The van der Waals surface area contributed by atoms with Crippen molar-refractivity contribution >= 4 is 29.5 Å². The molecule has 0 rings (SSSR count). The minimum absolute atomic E-state index is 0.851. The molecule has 0 bridgehead atoms. The van der Waals surface area contributed by atoms with Gasteiger partial charge in [-0.3, -0.25) is 0 Å². The van der Waals surface area contributed by atoms with Gasteiger partial charge in [0.05, 0.1) is 0 Å². The fraction of sp³-hybridized carbons (Fsp3) is 1.00. The molecule has 0 spiro atoms. The SMILES string of the molecule is [Li][CH2]CCCSCOC. The van der Waals surface area contributed by atoms with Gasteiger partial charge < -0.3 is 0 Å². The van der Waals surface area contributed by atoms with Crippen LogP contribution in [0.1, 0.15) is 12.8 Å². The third-order valence-corrected chi connectivity index (χ3v) is 2.07. The number of hydrogen-bond donors (Lipinski definition) is 0. The van der Waals surface area contributed by atoms with Crippen molar-refractivity contribution in [2.45, 2.75) is 17.9 Å². The Labute approximate surface area is 71.1 Å². The fourth-order valence-electron chi connectivity index (χ4n) is 0.596. The molecule has 0 radical (unpaired) electrons. The van der Waals surface area contributed by atoms with Crippen LogP contribution in [-0.4, -0.2) is 36.5 Å². The molecule has 0 fully saturated rings. The van der Waals surface area contributed by atoms with Crippen LogP contribution >= 0.6 is 11.8 Å². The first-order valence-corrected chi connectivity index (χ1v) is 4.64. The summed E-state index contributed by atoms with van der Waals surface area (Å²) in [5.74, 6) is 2.10. The Balaban J connectivity index is 2.60. The predicted octanol–water partition coefficient (Wildman–Crippen LogP) is 1.69. The maximum atomic E-state index is 4.88. The van der Waals surface area contributed by atoms with Crippen molar-refractivity contribution in [3.05, 3.63) is 0 Å². The maximum absolute atomic E-state index is 4.88. The zero-order valence-corrected chi connectivity index (χ0v) is 7.17. The number of ether oxygens (including phenoxy) is 1. The first kappa shape index (κ1) is 9.91. The minimum atomic E-state index is 0.851. The monoisotopic (exact) mass is 140 g/mol. The van der Waals surface area contributed by atoms with Gasteiger partial charge in [-0.2, -0.15) is 0 Å². The zero-order chi connectivity index (χ0) is 6.95. The molecule has 0 aromatic heterocycles. The number of thioether (sulfide) groups is 1. The second-order valence-electron chi connectivity index (χ2n) is 2.02. The van der Waals surface area contributed by atoms with Crippen LogP contribution in [-0.2, 0) is 4.74 Å². The number of unbranched alkanes of at least 4 members (excludes halogenated alkanes) is 1. The second kappa shape index (κ2) is 8.91. The van der Waals surface area contributed by atoms with Crippen LogP contribution in [0.15, 0.2) is 0 Å². The quantitative estimate of drug-likeness (QED) is 0.315. The number of rotatable bonds is 6. The normalized spacial score (nSPS) is 10.1. The van der Waals surface area contributed by atoms with E-state index in [0.717, 1.165) is 5.94 Å². The van der Waals surface area contributed by atoms with E-state index in [4.69, 9.17) is 4.74 Å². The molecular weight excluding hydrogens is 127 g/mol. The Morgan fingerprint density at radius 1 is 1.44 bits per heavy atom. The zero-order valence-electron chi connectivity index (χ0n) is 6.35. The molecule has 0 aliphatic heterocycles. The first-order chi connectivity index (χ1) is 4.41. The Hall–Kier alpha value is 0.907. The molecule has 0 saturated heterocycles. The number of hydrogen-bond acceptors (Lipinski definition) is 2. The van der Waals surface area contributed by atoms with Gasteiger partial charge in [0.1, 0.15) is 0 Å². The van der Waals surface area contributed by atoms with Crippen molar-refractivity contribution in [3.8, 4) is 0 Å². The summed E-state index contributed by atoms with van der Waals surface area (Å²) in [6, 6.07) is 0. The van der Waals surface area contributed by atoms with Crippen molar-refractivity contribution in [2.24, 2.45) is 0 Å². The molecule has 9 heavy (non-hydrogen) atoms. The van der Waals surface area contributed by atoms with E-state index in [0.29, 0.717) is 0 Å². The molecule has 0 aliphatic carbocycles. The van der Waals surface area contributed by atoms with Crippen LogP contribution in [0.5, 0.6) is 0 Å². The molecule has 0 heterocycles. The Bertz CT molecular complexity index is 46.3. The molecule has 0 unspecified atom stereocenters. The summed E-state index contributed by atoms with van der Waals surface area (Å²) >= 11 is 4.09. The van der Waals surface area contributed by atoms with Gasteiger partial charge in [0, 0.05) is 0 Å². The Kier molecular flexibility index (Phi) is 9.81. The van der Waals surface area contributed by atoms with E-state index in [1.165, 1.54) is 23.7 Å². The van der Waals surface area contributed by atoms with E-state index in [-0.39, 0.29) is 0 Å². The van der Waals surface area contributed by atoms with E-state index in [1.807, 2.05) is 11.8 Å². The predicted molar refractivity (Wildman–Crippen MR) is 44.1 cm³/mol. The van der Waals surface area contributed by atoms with Crippen LogP contribution in [0.3, 0.4) is 0 Å². The summed E-state index contributed by atoms with van der Waals surface area (Å²) in [7, 11) is 1.74.